The molecule has 0 bridgehead atoms. The molecule has 0 radical (unpaired) electrons. The van der Waals surface area contributed by atoms with Gasteiger partial charge < -0.3 is 19.5 Å². The van der Waals surface area contributed by atoms with Crippen LogP contribution in [0.2, 0.25) is 10.0 Å². The van der Waals surface area contributed by atoms with E-state index >= 15 is 0 Å². The Morgan fingerprint density at radius 1 is 0.698 bits per heavy atom. The van der Waals surface area contributed by atoms with Crippen molar-refractivity contribution >= 4 is 52.9 Å². The number of rotatable bonds is 11. The Morgan fingerprint density at radius 2 is 1.28 bits per heavy atom. The van der Waals surface area contributed by atoms with Gasteiger partial charge in [0.25, 0.3) is 11.8 Å². The molecule has 2 amide bonds. The van der Waals surface area contributed by atoms with E-state index in [1.165, 1.54) is 12.3 Å². The second-order valence-corrected chi connectivity index (χ2v) is 9.71. The van der Waals surface area contributed by atoms with Gasteiger partial charge in [0.05, 0.1) is 25.0 Å². The Bertz CT molecular complexity index is 1640. The SMILES string of the molecule is CCOc1ccc(C(=O)Oc2ccc(Cl)cc2/C=N/NC(=O)c2ccc(NC(=O)c3ccc(Cl)cc3)cc2)cc1OCC. The van der Waals surface area contributed by atoms with Crippen LogP contribution in [0.1, 0.15) is 50.5 Å². The number of hydrogen-bond acceptors (Lipinski definition) is 7. The lowest BCUT2D eigenvalue weighted by Gasteiger charge is -2.13. The summed E-state index contributed by atoms with van der Waals surface area (Å²) < 4.78 is 16.7. The van der Waals surface area contributed by atoms with E-state index in [0.717, 1.165) is 0 Å². The molecule has 2 N–H and O–H groups in total. The van der Waals surface area contributed by atoms with Crippen LogP contribution in [-0.4, -0.2) is 37.2 Å². The lowest BCUT2D eigenvalue weighted by Crippen LogP contribution is -2.18. The molecule has 0 aliphatic rings. The third kappa shape index (κ3) is 8.57. The van der Waals surface area contributed by atoms with Crippen molar-refractivity contribution < 1.29 is 28.6 Å². The maximum Gasteiger partial charge on any atom is 0.343 e. The number of carbonyl (C=O) groups is 3. The summed E-state index contributed by atoms with van der Waals surface area (Å²) in [5, 5.41) is 7.66. The fourth-order valence-electron chi connectivity index (χ4n) is 3.78. The monoisotopic (exact) mass is 619 g/mol. The minimum atomic E-state index is -0.631. The second-order valence-electron chi connectivity index (χ2n) is 8.84. The van der Waals surface area contributed by atoms with Gasteiger partial charge in [-0.25, -0.2) is 10.2 Å². The van der Waals surface area contributed by atoms with Crippen molar-refractivity contribution in [3.63, 3.8) is 0 Å². The summed E-state index contributed by atoms with van der Waals surface area (Å²) >= 11 is 12.0. The molecule has 43 heavy (non-hydrogen) atoms. The maximum atomic E-state index is 12.9. The predicted octanol–water partition coefficient (Wildman–Crippen LogP) is 7.03. The number of amides is 2. The molecule has 11 heteroatoms. The number of nitrogens with zero attached hydrogens (tertiary/aromatic N) is 1. The van der Waals surface area contributed by atoms with Gasteiger partial charge >= 0.3 is 5.97 Å². The van der Waals surface area contributed by atoms with Crippen molar-refractivity contribution in [1.82, 2.24) is 5.43 Å². The van der Waals surface area contributed by atoms with E-state index in [0.29, 0.717) is 57.1 Å². The minimum absolute atomic E-state index is 0.181. The number of hydrogen-bond donors (Lipinski definition) is 2. The first kappa shape index (κ1) is 31.1. The van der Waals surface area contributed by atoms with Crippen LogP contribution in [0, 0.1) is 0 Å². The van der Waals surface area contributed by atoms with E-state index in [2.05, 4.69) is 15.8 Å². The highest BCUT2D eigenvalue weighted by Crippen LogP contribution is 2.30. The average molecular weight is 620 g/mol. The largest absolute Gasteiger partial charge is 0.490 e. The lowest BCUT2D eigenvalue weighted by molar-refractivity contribution is 0.0733. The fourth-order valence-corrected chi connectivity index (χ4v) is 4.09. The van der Waals surface area contributed by atoms with Crippen molar-refractivity contribution in [3.05, 3.63) is 117 Å². The van der Waals surface area contributed by atoms with Crippen molar-refractivity contribution in [2.75, 3.05) is 18.5 Å². The number of nitrogens with one attached hydrogen (secondary N) is 2. The fraction of sp³-hybridized carbons (Fsp3) is 0.125. The van der Waals surface area contributed by atoms with Crippen molar-refractivity contribution in [1.29, 1.82) is 0 Å². The summed E-state index contributed by atoms with van der Waals surface area (Å²) in [6.07, 6.45) is 1.32. The van der Waals surface area contributed by atoms with Gasteiger partial charge in [0.2, 0.25) is 0 Å². The molecule has 0 aliphatic heterocycles. The van der Waals surface area contributed by atoms with Crippen LogP contribution in [0.15, 0.2) is 90.0 Å². The molecule has 9 nitrogen and oxygen atoms in total. The summed E-state index contributed by atoms with van der Waals surface area (Å²) in [6.45, 7) is 4.53. The Hall–Kier alpha value is -4.86. The van der Waals surface area contributed by atoms with Gasteiger partial charge in [-0.1, -0.05) is 23.2 Å². The summed E-state index contributed by atoms with van der Waals surface area (Å²) in [5.74, 6) is -0.308. The highest BCUT2D eigenvalue weighted by Gasteiger charge is 2.16. The molecule has 4 aromatic rings. The zero-order chi connectivity index (χ0) is 30.8. The number of esters is 1. The smallest absolute Gasteiger partial charge is 0.343 e. The number of carbonyl (C=O) groups excluding carboxylic acids is 3. The summed E-state index contributed by atoms with van der Waals surface area (Å²) in [7, 11) is 0. The van der Waals surface area contributed by atoms with Crippen molar-refractivity contribution in [2.45, 2.75) is 13.8 Å². The maximum absolute atomic E-state index is 12.9. The van der Waals surface area contributed by atoms with Gasteiger partial charge in [0, 0.05) is 32.4 Å². The molecule has 0 aromatic heterocycles. The number of benzene rings is 4. The normalized spacial score (nSPS) is 10.7. The quantitative estimate of drug-likeness (QED) is 0.0806. The first-order valence-electron chi connectivity index (χ1n) is 13.2. The molecule has 4 rings (SSSR count). The van der Waals surface area contributed by atoms with Gasteiger partial charge in [-0.15, -0.1) is 0 Å². The molecule has 220 valence electrons. The summed E-state index contributed by atoms with van der Waals surface area (Å²) in [5.41, 5.74) is 4.30. The summed E-state index contributed by atoms with van der Waals surface area (Å²) in [4.78, 5) is 38.0. The highest BCUT2D eigenvalue weighted by molar-refractivity contribution is 6.31. The highest BCUT2D eigenvalue weighted by atomic mass is 35.5. The van der Waals surface area contributed by atoms with Crippen molar-refractivity contribution in [3.8, 4) is 17.2 Å². The van der Waals surface area contributed by atoms with E-state index in [1.807, 2.05) is 13.8 Å². The van der Waals surface area contributed by atoms with Crippen LogP contribution < -0.4 is 25.0 Å². The Labute approximate surface area is 258 Å². The van der Waals surface area contributed by atoms with Gasteiger partial charge in [-0.05, 0) is 98.8 Å². The van der Waals surface area contributed by atoms with Crippen LogP contribution in [-0.2, 0) is 0 Å². The number of hydrazone groups is 1. The van der Waals surface area contributed by atoms with E-state index in [4.69, 9.17) is 37.4 Å². The Kier molecular flexibility index (Phi) is 10.7. The molecule has 0 saturated carbocycles. The van der Waals surface area contributed by atoms with E-state index < -0.39 is 11.9 Å². The zero-order valence-electron chi connectivity index (χ0n) is 23.2. The summed E-state index contributed by atoms with van der Waals surface area (Å²) in [6, 6.07) is 22.2. The lowest BCUT2D eigenvalue weighted by atomic mass is 10.1. The number of halogens is 2. The van der Waals surface area contributed by atoms with Crippen LogP contribution in [0.5, 0.6) is 17.2 Å². The Balaban J connectivity index is 1.40. The number of ether oxygens (including phenoxy) is 3. The first-order chi connectivity index (χ1) is 20.8. The van der Waals surface area contributed by atoms with Gasteiger partial charge in [0.15, 0.2) is 11.5 Å². The molecule has 0 spiro atoms. The van der Waals surface area contributed by atoms with Crippen molar-refractivity contribution in [2.24, 2.45) is 5.10 Å². The molecule has 0 heterocycles. The molecular formula is C32H27Cl2N3O6. The van der Waals surface area contributed by atoms with Gasteiger partial charge in [0.1, 0.15) is 5.75 Å². The number of anilines is 1. The molecule has 0 aliphatic carbocycles. The predicted molar refractivity (Wildman–Crippen MR) is 166 cm³/mol. The third-order valence-electron chi connectivity index (χ3n) is 5.83. The van der Waals surface area contributed by atoms with Crippen LogP contribution in [0.3, 0.4) is 0 Å². The van der Waals surface area contributed by atoms with Gasteiger partial charge in [-0.3, -0.25) is 9.59 Å². The topological polar surface area (TPSA) is 115 Å². The first-order valence-corrected chi connectivity index (χ1v) is 13.9. The molecule has 0 saturated heterocycles. The molecule has 0 fully saturated rings. The Morgan fingerprint density at radius 3 is 1.98 bits per heavy atom. The second kappa shape index (κ2) is 14.9. The molecule has 4 aromatic carbocycles. The molecule has 0 unspecified atom stereocenters. The molecule has 0 atom stereocenters. The zero-order valence-corrected chi connectivity index (χ0v) is 24.7. The van der Waals surface area contributed by atoms with Crippen LogP contribution >= 0.6 is 23.2 Å². The van der Waals surface area contributed by atoms with Crippen LogP contribution in [0.25, 0.3) is 0 Å². The average Bonchev–Trinajstić information content (AvgIpc) is 3.00. The van der Waals surface area contributed by atoms with Gasteiger partial charge in [-0.2, -0.15) is 5.10 Å². The standard InChI is InChI=1S/C32H27Cl2N3O6/c1-3-41-28-15-9-22(18-29(28)42-4-2)32(40)43-27-16-12-25(34)17-23(27)19-35-37-31(39)21-7-13-26(14-8-21)36-30(38)20-5-10-24(33)11-6-20/h5-19H,3-4H2,1-2H3,(H,36,38)(H,37,39)/b35-19+. The minimum Gasteiger partial charge on any atom is -0.490 e. The molecular weight excluding hydrogens is 593 g/mol. The van der Waals surface area contributed by atoms with E-state index in [9.17, 15) is 14.4 Å². The van der Waals surface area contributed by atoms with Crippen LogP contribution in [0.4, 0.5) is 5.69 Å². The van der Waals surface area contributed by atoms with E-state index in [1.54, 1.807) is 78.9 Å². The third-order valence-corrected chi connectivity index (χ3v) is 6.32. The van der Waals surface area contributed by atoms with E-state index in [-0.39, 0.29) is 17.2 Å².